The number of nitrogens with one attached hydrogen (secondary N) is 3. The number of aromatic amines is 1. The molecule has 2 amide bonds. The summed E-state index contributed by atoms with van der Waals surface area (Å²) in [5.41, 5.74) is 11.2. The van der Waals surface area contributed by atoms with Gasteiger partial charge < -0.3 is 16.4 Å². The standard InChI is InChI=1S/C31H25F3N6O/c1-16(2)23-8-3-5-18-13-19-14-24-26(29(35)40-39-24)25(28(19)38-27(18)23)17-9-11-21(12-10-17)36-30(41)37-22-7-4-6-20(15-22)31(32,33)34/h3-16H,1-2H3,(H3,35,39,40)(H2,36,37,41). The van der Waals surface area contributed by atoms with Crippen molar-refractivity contribution in [3.63, 3.8) is 0 Å². The highest BCUT2D eigenvalue weighted by atomic mass is 19.4. The largest absolute Gasteiger partial charge is 0.416 e. The van der Waals surface area contributed by atoms with Gasteiger partial charge in [0.25, 0.3) is 0 Å². The molecule has 0 aliphatic carbocycles. The highest BCUT2D eigenvalue weighted by Gasteiger charge is 2.30. The van der Waals surface area contributed by atoms with Crippen molar-refractivity contribution < 1.29 is 18.0 Å². The van der Waals surface area contributed by atoms with Gasteiger partial charge >= 0.3 is 12.2 Å². The number of pyridine rings is 1. The van der Waals surface area contributed by atoms with E-state index in [-0.39, 0.29) is 11.6 Å². The van der Waals surface area contributed by atoms with Crippen LogP contribution in [0.15, 0.2) is 78.9 Å². The average molecular weight is 555 g/mol. The summed E-state index contributed by atoms with van der Waals surface area (Å²) in [6.45, 7) is 4.27. The van der Waals surface area contributed by atoms with Crippen LogP contribution in [0.3, 0.4) is 0 Å². The maximum absolute atomic E-state index is 13.0. The fourth-order valence-electron chi connectivity index (χ4n) is 5.09. The van der Waals surface area contributed by atoms with Gasteiger partial charge in [0, 0.05) is 27.7 Å². The molecule has 7 nitrogen and oxygen atoms in total. The highest BCUT2D eigenvalue weighted by Crippen LogP contribution is 2.39. The molecule has 0 aliphatic heterocycles. The van der Waals surface area contributed by atoms with Gasteiger partial charge in [-0.1, -0.05) is 50.2 Å². The molecule has 0 spiro atoms. The molecule has 206 valence electrons. The summed E-state index contributed by atoms with van der Waals surface area (Å²) in [5, 5.41) is 15.0. The normalized spacial score (nSPS) is 12.0. The molecule has 41 heavy (non-hydrogen) atoms. The third-order valence-electron chi connectivity index (χ3n) is 7.02. The van der Waals surface area contributed by atoms with Gasteiger partial charge in [-0.3, -0.25) is 5.10 Å². The minimum atomic E-state index is -4.51. The fraction of sp³-hybridized carbons (Fsp3) is 0.129. The lowest BCUT2D eigenvalue weighted by Crippen LogP contribution is -2.19. The number of carbonyl (C=O) groups is 1. The van der Waals surface area contributed by atoms with Crippen LogP contribution in [0.2, 0.25) is 0 Å². The average Bonchev–Trinajstić information content (AvgIpc) is 3.30. The summed E-state index contributed by atoms with van der Waals surface area (Å²) >= 11 is 0. The van der Waals surface area contributed by atoms with Crippen LogP contribution in [0.1, 0.15) is 30.9 Å². The molecule has 5 N–H and O–H groups in total. The number of nitrogen functional groups attached to an aromatic ring is 1. The van der Waals surface area contributed by atoms with Crippen LogP contribution in [-0.4, -0.2) is 21.2 Å². The molecule has 0 saturated heterocycles. The third kappa shape index (κ3) is 4.88. The Morgan fingerprint density at radius 1 is 0.878 bits per heavy atom. The van der Waals surface area contributed by atoms with Crippen molar-refractivity contribution in [1.29, 1.82) is 0 Å². The van der Waals surface area contributed by atoms with Gasteiger partial charge in [-0.15, -0.1) is 0 Å². The second-order valence-corrected chi connectivity index (χ2v) is 10.2. The molecule has 0 aliphatic rings. The number of alkyl halides is 3. The molecule has 2 heterocycles. The van der Waals surface area contributed by atoms with Gasteiger partial charge in [0.1, 0.15) is 0 Å². The van der Waals surface area contributed by atoms with Crippen molar-refractivity contribution in [2.75, 3.05) is 16.4 Å². The molecule has 2 aromatic heterocycles. The predicted molar refractivity (Wildman–Crippen MR) is 157 cm³/mol. The summed E-state index contributed by atoms with van der Waals surface area (Å²) in [6.07, 6.45) is -4.51. The van der Waals surface area contributed by atoms with Crippen LogP contribution in [0, 0.1) is 0 Å². The molecule has 0 atom stereocenters. The number of benzene rings is 4. The number of rotatable bonds is 4. The number of para-hydroxylation sites is 1. The number of nitrogens with zero attached hydrogens (tertiary/aromatic N) is 2. The van der Waals surface area contributed by atoms with E-state index in [2.05, 4.69) is 46.8 Å². The second-order valence-electron chi connectivity index (χ2n) is 10.2. The first-order valence-electron chi connectivity index (χ1n) is 12.9. The molecule has 0 fully saturated rings. The van der Waals surface area contributed by atoms with Gasteiger partial charge in [-0.05, 0) is 59.5 Å². The number of halogens is 3. The number of fused-ring (bicyclic) bond motifs is 3. The molecule has 6 rings (SSSR count). The van der Waals surface area contributed by atoms with Gasteiger partial charge in [0.05, 0.1) is 27.5 Å². The summed E-state index contributed by atoms with van der Waals surface area (Å²) in [5.74, 6) is 0.626. The van der Waals surface area contributed by atoms with Gasteiger partial charge in [-0.2, -0.15) is 18.3 Å². The predicted octanol–water partition coefficient (Wildman–Crippen LogP) is 8.30. The third-order valence-corrected chi connectivity index (χ3v) is 7.02. The molecule has 0 saturated carbocycles. The van der Waals surface area contributed by atoms with E-state index in [1.165, 1.54) is 12.1 Å². The minimum absolute atomic E-state index is 0.0293. The summed E-state index contributed by atoms with van der Waals surface area (Å²) in [7, 11) is 0. The minimum Gasteiger partial charge on any atom is -0.382 e. The summed E-state index contributed by atoms with van der Waals surface area (Å²) in [6, 6.07) is 21.1. The Morgan fingerprint density at radius 3 is 2.34 bits per heavy atom. The molecular weight excluding hydrogens is 529 g/mol. The number of aromatic nitrogens is 3. The summed E-state index contributed by atoms with van der Waals surface area (Å²) in [4.78, 5) is 17.7. The Labute approximate surface area is 232 Å². The Balaban J connectivity index is 1.37. The topological polar surface area (TPSA) is 109 Å². The molecule has 0 radical (unpaired) electrons. The zero-order valence-corrected chi connectivity index (χ0v) is 22.1. The Bertz CT molecular complexity index is 1940. The number of nitrogens with two attached hydrogens (primary N) is 1. The molecule has 10 heteroatoms. The van der Waals surface area contributed by atoms with E-state index in [9.17, 15) is 18.0 Å². The lowest BCUT2D eigenvalue weighted by molar-refractivity contribution is -0.137. The second kappa shape index (κ2) is 9.81. The number of hydrogen-bond donors (Lipinski definition) is 4. The Morgan fingerprint density at radius 2 is 1.61 bits per heavy atom. The zero-order valence-electron chi connectivity index (χ0n) is 22.1. The van der Waals surface area contributed by atoms with Gasteiger partial charge in [-0.25, -0.2) is 9.78 Å². The SMILES string of the molecule is CC(C)c1cccc2cc3cc4[nH]nc(N)c4c(-c4ccc(NC(=O)Nc5cccc(C(F)(F)F)c5)cc4)c3nc12. The molecule has 0 bridgehead atoms. The van der Waals surface area contributed by atoms with Crippen molar-refractivity contribution in [1.82, 2.24) is 15.2 Å². The lowest BCUT2D eigenvalue weighted by atomic mass is 9.94. The maximum Gasteiger partial charge on any atom is 0.416 e. The molecule has 6 aromatic rings. The van der Waals surface area contributed by atoms with Crippen LogP contribution < -0.4 is 16.4 Å². The number of urea groups is 1. The first kappa shape index (κ1) is 26.1. The molecular formula is C31H25F3N6O. The van der Waals surface area contributed by atoms with E-state index in [0.29, 0.717) is 11.5 Å². The number of hydrogen-bond acceptors (Lipinski definition) is 4. The van der Waals surface area contributed by atoms with Crippen LogP contribution in [-0.2, 0) is 6.18 Å². The van der Waals surface area contributed by atoms with E-state index in [4.69, 9.17) is 10.7 Å². The van der Waals surface area contributed by atoms with Crippen molar-refractivity contribution >= 4 is 55.9 Å². The maximum atomic E-state index is 13.0. The summed E-state index contributed by atoms with van der Waals surface area (Å²) < 4.78 is 39.0. The van der Waals surface area contributed by atoms with Crippen LogP contribution >= 0.6 is 0 Å². The van der Waals surface area contributed by atoms with Crippen molar-refractivity contribution in [2.24, 2.45) is 0 Å². The fourth-order valence-corrected chi connectivity index (χ4v) is 5.09. The molecule has 4 aromatic carbocycles. The highest BCUT2D eigenvalue weighted by molar-refractivity contribution is 6.15. The first-order chi connectivity index (χ1) is 19.6. The smallest absolute Gasteiger partial charge is 0.382 e. The number of carbonyl (C=O) groups excluding carboxylic acids is 1. The quantitative estimate of drug-likeness (QED) is 0.164. The van der Waals surface area contributed by atoms with Crippen molar-refractivity contribution in [3.8, 4) is 11.1 Å². The molecule has 0 unspecified atom stereocenters. The Kier molecular flexibility index (Phi) is 6.25. The Hall–Kier alpha value is -5.12. The van der Waals surface area contributed by atoms with E-state index in [0.717, 1.165) is 61.5 Å². The zero-order chi connectivity index (χ0) is 28.9. The van der Waals surface area contributed by atoms with Crippen LogP contribution in [0.5, 0.6) is 0 Å². The van der Waals surface area contributed by atoms with Crippen molar-refractivity contribution in [2.45, 2.75) is 25.9 Å². The number of H-pyrrole nitrogens is 1. The number of anilines is 3. The van der Waals surface area contributed by atoms with Gasteiger partial charge in [0.2, 0.25) is 0 Å². The monoisotopic (exact) mass is 554 g/mol. The van der Waals surface area contributed by atoms with E-state index in [1.807, 2.05) is 30.3 Å². The van der Waals surface area contributed by atoms with E-state index >= 15 is 0 Å². The first-order valence-corrected chi connectivity index (χ1v) is 12.9. The van der Waals surface area contributed by atoms with Crippen LogP contribution in [0.4, 0.5) is 35.2 Å². The lowest BCUT2D eigenvalue weighted by Gasteiger charge is -2.14. The van der Waals surface area contributed by atoms with Gasteiger partial charge in [0.15, 0.2) is 5.82 Å². The van der Waals surface area contributed by atoms with Crippen molar-refractivity contribution in [3.05, 3.63) is 90.0 Å². The van der Waals surface area contributed by atoms with Crippen LogP contribution in [0.25, 0.3) is 43.8 Å². The van der Waals surface area contributed by atoms with E-state index < -0.39 is 17.8 Å². The number of amides is 2. The van der Waals surface area contributed by atoms with E-state index in [1.54, 1.807) is 12.1 Å².